The smallest absolute Gasteiger partial charge is 0.410 e. The first-order chi connectivity index (χ1) is 20.7. The van der Waals surface area contributed by atoms with Gasteiger partial charge in [-0.25, -0.2) is 14.2 Å². The van der Waals surface area contributed by atoms with Crippen LogP contribution in [-0.2, 0) is 28.3 Å². The van der Waals surface area contributed by atoms with Crippen LogP contribution in [0.1, 0.15) is 47.8 Å². The number of halogens is 2. The van der Waals surface area contributed by atoms with Crippen molar-refractivity contribution in [1.82, 2.24) is 19.4 Å². The van der Waals surface area contributed by atoms with E-state index in [-0.39, 0.29) is 41.0 Å². The Kier molecular flexibility index (Phi) is 7.53. The van der Waals surface area contributed by atoms with Gasteiger partial charge in [-0.05, 0) is 42.5 Å². The molecule has 1 aliphatic carbocycles. The topological polar surface area (TPSA) is 117 Å². The highest BCUT2D eigenvalue weighted by atomic mass is 35.5. The molecule has 1 saturated carbocycles. The van der Waals surface area contributed by atoms with Crippen molar-refractivity contribution in [3.05, 3.63) is 58.0 Å². The molecule has 2 N–H and O–H groups in total. The lowest BCUT2D eigenvalue weighted by Gasteiger charge is -2.35. The summed E-state index contributed by atoms with van der Waals surface area (Å²) in [5, 5.41) is 11.7. The lowest BCUT2D eigenvalue weighted by Crippen LogP contribution is -2.50. The van der Waals surface area contributed by atoms with Gasteiger partial charge in [-0.3, -0.25) is 14.9 Å². The van der Waals surface area contributed by atoms with Crippen molar-refractivity contribution in [2.24, 2.45) is 5.41 Å². The molecule has 3 amide bonds. The summed E-state index contributed by atoms with van der Waals surface area (Å²) in [6.45, 7) is 10.7. The van der Waals surface area contributed by atoms with E-state index in [0.29, 0.717) is 48.4 Å². The maximum atomic E-state index is 14.4. The minimum atomic E-state index is -1.37. The fourth-order valence-corrected chi connectivity index (χ4v) is 7.46. The highest BCUT2D eigenvalue weighted by molar-refractivity contribution is 6.76. The molecule has 1 aromatic carbocycles. The average Bonchev–Trinajstić information content (AvgIpc) is 3.33. The van der Waals surface area contributed by atoms with Crippen molar-refractivity contribution in [3.63, 3.8) is 0 Å². The largest absolute Gasteiger partial charge is 0.465 e. The van der Waals surface area contributed by atoms with Gasteiger partial charge in [-0.1, -0.05) is 44.2 Å². The number of hydrogen-bond acceptors (Lipinski definition) is 5. The maximum Gasteiger partial charge on any atom is 0.410 e. The number of pyridine rings is 1. The predicted octanol–water partition coefficient (Wildman–Crippen LogP) is 6.11. The number of amides is 3. The number of ether oxygens (including phenoxy) is 1. The molecule has 2 aromatic heterocycles. The summed E-state index contributed by atoms with van der Waals surface area (Å²) in [5.41, 5.74) is 1.08. The molecule has 234 valence electrons. The second kappa shape index (κ2) is 10.8. The molecule has 2 aliphatic heterocycles. The number of aromatic nitrogens is 2. The summed E-state index contributed by atoms with van der Waals surface area (Å²) in [4.78, 5) is 47.5. The SMILES string of the molecule is CC1(CN2CC[C@@]3(C2=O)c2ccc(F)cc2C(=O)N3Cc2cc3nc(NC(=O)O)cc(Cl)c3n2COCC[Si](C)(C)C)CC1. The van der Waals surface area contributed by atoms with E-state index in [4.69, 9.17) is 16.3 Å². The van der Waals surface area contributed by atoms with Gasteiger partial charge in [-0.2, -0.15) is 0 Å². The number of anilines is 1. The van der Waals surface area contributed by atoms with Crippen molar-refractivity contribution < 1.29 is 28.6 Å². The summed E-state index contributed by atoms with van der Waals surface area (Å²) in [6, 6.07) is 8.20. The maximum absolute atomic E-state index is 14.4. The van der Waals surface area contributed by atoms with Crippen molar-refractivity contribution in [2.45, 2.75) is 70.7 Å². The quantitative estimate of drug-likeness (QED) is 0.204. The zero-order valence-corrected chi connectivity index (χ0v) is 27.1. The van der Waals surface area contributed by atoms with Crippen LogP contribution in [0.25, 0.3) is 11.0 Å². The van der Waals surface area contributed by atoms with Gasteiger partial charge in [0.25, 0.3) is 11.8 Å². The lowest BCUT2D eigenvalue weighted by atomic mass is 9.87. The van der Waals surface area contributed by atoms with Crippen LogP contribution in [0.2, 0.25) is 30.7 Å². The Hall–Kier alpha value is -3.48. The monoisotopic (exact) mass is 641 g/mol. The zero-order chi connectivity index (χ0) is 31.6. The lowest BCUT2D eigenvalue weighted by molar-refractivity contribution is -0.138. The second-order valence-electron chi connectivity index (χ2n) is 13.8. The molecule has 44 heavy (non-hydrogen) atoms. The Labute approximate surface area is 261 Å². The van der Waals surface area contributed by atoms with Crippen LogP contribution < -0.4 is 5.32 Å². The van der Waals surface area contributed by atoms with Gasteiger partial charge in [0.1, 0.15) is 23.9 Å². The van der Waals surface area contributed by atoms with Gasteiger partial charge in [-0.15, -0.1) is 0 Å². The van der Waals surface area contributed by atoms with E-state index in [2.05, 4.69) is 36.9 Å². The number of carbonyl (C=O) groups is 3. The Morgan fingerprint density at radius 3 is 2.61 bits per heavy atom. The Morgan fingerprint density at radius 1 is 1.18 bits per heavy atom. The third-order valence-corrected chi connectivity index (χ3v) is 11.1. The molecule has 10 nitrogen and oxygen atoms in total. The second-order valence-corrected chi connectivity index (χ2v) is 19.8. The van der Waals surface area contributed by atoms with Gasteiger partial charge < -0.3 is 24.2 Å². The Morgan fingerprint density at radius 2 is 1.93 bits per heavy atom. The van der Waals surface area contributed by atoms with Gasteiger partial charge in [0, 0.05) is 57.1 Å². The third-order valence-electron chi connectivity index (χ3n) is 9.09. The van der Waals surface area contributed by atoms with E-state index in [1.54, 1.807) is 17.0 Å². The Balaban J connectivity index is 1.41. The van der Waals surface area contributed by atoms with Gasteiger partial charge >= 0.3 is 6.09 Å². The first kappa shape index (κ1) is 30.5. The molecule has 1 spiro atoms. The van der Waals surface area contributed by atoms with E-state index < -0.39 is 31.4 Å². The van der Waals surface area contributed by atoms with Crippen LogP contribution in [-0.4, -0.2) is 70.1 Å². The number of fused-ring (bicyclic) bond motifs is 3. The molecule has 0 radical (unpaired) electrons. The normalized spacial score (nSPS) is 20.7. The molecule has 0 unspecified atom stereocenters. The summed E-state index contributed by atoms with van der Waals surface area (Å²) >= 11 is 6.69. The summed E-state index contributed by atoms with van der Waals surface area (Å²) in [7, 11) is -1.37. The first-order valence-electron chi connectivity index (χ1n) is 14.9. The molecule has 3 aliphatic rings. The van der Waals surface area contributed by atoms with Crippen molar-refractivity contribution in [3.8, 4) is 0 Å². The van der Waals surface area contributed by atoms with E-state index in [0.717, 1.165) is 18.9 Å². The molecule has 6 rings (SSSR count). The molecular formula is C31H37ClFN5O5Si. The van der Waals surface area contributed by atoms with Gasteiger partial charge in [0.05, 0.1) is 22.6 Å². The van der Waals surface area contributed by atoms with Gasteiger partial charge in [0.2, 0.25) is 0 Å². The number of rotatable bonds is 10. The number of hydrogen-bond donors (Lipinski definition) is 2. The molecular weight excluding hydrogens is 605 g/mol. The number of nitrogens with zero attached hydrogens (tertiary/aromatic N) is 4. The average molecular weight is 642 g/mol. The van der Waals surface area contributed by atoms with Crippen LogP contribution in [0, 0.1) is 11.2 Å². The van der Waals surface area contributed by atoms with E-state index in [1.165, 1.54) is 18.2 Å². The highest BCUT2D eigenvalue weighted by Gasteiger charge is 2.60. The molecule has 13 heteroatoms. The van der Waals surface area contributed by atoms with Crippen molar-refractivity contribution >= 4 is 54.4 Å². The molecule has 2 fully saturated rings. The Bertz CT molecular complexity index is 1690. The van der Waals surface area contributed by atoms with Crippen molar-refractivity contribution in [1.29, 1.82) is 0 Å². The molecule has 1 atom stereocenters. The third kappa shape index (κ3) is 5.47. The van der Waals surface area contributed by atoms with Crippen LogP contribution in [0.15, 0.2) is 30.3 Å². The van der Waals surface area contributed by atoms with Crippen LogP contribution in [0.4, 0.5) is 15.0 Å². The van der Waals surface area contributed by atoms with E-state index >= 15 is 0 Å². The minimum Gasteiger partial charge on any atom is -0.465 e. The number of likely N-dealkylation sites (tertiary alicyclic amines) is 1. The van der Waals surface area contributed by atoms with Crippen LogP contribution in [0.3, 0.4) is 0 Å². The summed E-state index contributed by atoms with van der Waals surface area (Å²) < 4.78 is 22.4. The highest BCUT2D eigenvalue weighted by Crippen LogP contribution is 2.51. The number of nitrogens with one attached hydrogen (secondary N) is 1. The van der Waals surface area contributed by atoms with E-state index in [9.17, 15) is 23.9 Å². The zero-order valence-electron chi connectivity index (χ0n) is 25.4. The molecule has 4 heterocycles. The standard InChI is InChI=1S/C31H37ClFN5O5Si/c1-30(7-8-30)17-36-10-9-31(28(36)40)22-6-5-19(33)13-21(22)27(39)38(31)16-20-14-24-26(23(32)15-25(34-24)35-29(41)42)37(20)18-43-11-12-44(2,3)4/h5-6,13-15H,7-12,16-18H2,1-4H3,(H,34,35)(H,41,42)/t31-/m0/s1. The minimum absolute atomic E-state index is 0.0116. The number of carbonyl (C=O) groups excluding carboxylic acids is 2. The first-order valence-corrected chi connectivity index (χ1v) is 19.0. The number of benzene rings is 1. The predicted molar refractivity (Wildman–Crippen MR) is 167 cm³/mol. The fourth-order valence-electron chi connectivity index (χ4n) is 6.40. The number of carboxylic acid groups (broad SMARTS) is 1. The van der Waals surface area contributed by atoms with Gasteiger partial charge in [0.15, 0.2) is 0 Å². The molecule has 1 saturated heterocycles. The van der Waals surface area contributed by atoms with Crippen LogP contribution in [0.5, 0.6) is 0 Å². The van der Waals surface area contributed by atoms with Crippen molar-refractivity contribution in [2.75, 3.05) is 25.0 Å². The fraction of sp³-hybridized carbons (Fsp3) is 0.484. The summed E-state index contributed by atoms with van der Waals surface area (Å²) in [5.74, 6) is -1.05. The van der Waals surface area contributed by atoms with E-state index in [1.807, 2.05) is 9.47 Å². The molecule has 0 bridgehead atoms. The van der Waals surface area contributed by atoms with Crippen LogP contribution >= 0.6 is 11.6 Å². The summed E-state index contributed by atoms with van der Waals surface area (Å²) in [6.07, 6.45) is 1.23. The molecule has 3 aromatic rings.